The SMILES string of the molecule is COC(=O)CCC(=O)N1CCN(C(=O)c2cn3nc(-c4ccc(F)cc4)cc(C(C)(C)C)c3n2)CC1. The Morgan fingerprint density at radius 1 is 1.00 bits per heavy atom. The molecule has 1 aliphatic rings. The topological polar surface area (TPSA) is 97.1 Å². The average molecular weight is 496 g/mol. The highest BCUT2D eigenvalue weighted by atomic mass is 19.1. The van der Waals surface area contributed by atoms with Gasteiger partial charge in [0.1, 0.15) is 11.5 Å². The van der Waals surface area contributed by atoms with Crippen molar-refractivity contribution >= 4 is 23.4 Å². The smallest absolute Gasteiger partial charge is 0.306 e. The van der Waals surface area contributed by atoms with Crippen molar-refractivity contribution in [2.75, 3.05) is 33.3 Å². The fourth-order valence-electron chi connectivity index (χ4n) is 4.18. The maximum atomic E-state index is 13.4. The van der Waals surface area contributed by atoms with Gasteiger partial charge in [-0.25, -0.2) is 13.9 Å². The van der Waals surface area contributed by atoms with E-state index in [2.05, 4.69) is 35.6 Å². The van der Waals surface area contributed by atoms with Crippen molar-refractivity contribution in [3.8, 4) is 11.3 Å². The Labute approximate surface area is 208 Å². The first kappa shape index (κ1) is 25.3. The number of halogens is 1. The van der Waals surface area contributed by atoms with Gasteiger partial charge in [-0.3, -0.25) is 14.4 Å². The van der Waals surface area contributed by atoms with E-state index in [0.29, 0.717) is 37.5 Å². The van der Waals surface area contributed by atoms with Crippen LogP contribution in [0.25, 0.3) is 16.9 Å². The maximum Gasteiger partial charge on any atom is 0.306 e. The molecule has 0 saturated carbocycles. The third-order valence-electron chi connectivity index (χ3n) is 6.28. The van der Waals surface area contributed by atoms with E-state index in [9.17, 15) is 18.8 Å². The van der Waals surface area contributed by atoms with E-state index >= 15 is 0 Å². The second kappa shape index (κ2) is 10.0. The van der Waals surface area contributed by atoms with Gasteiger partial charge in [0, 0.05) is 43.7 Å². The summed E-state index contributed by atoms with van der Waals surface area (Å²) in [5, 5.41) is 4.64. The monoisotopic (exact) mass is 495 g/mol. The number of carbonyl (C=O) groups is 3. The van der Waals surface area contributed by atoms with Crippen LogP contribution in [0.3, 0.4) is 0 Å². The van der Waals surface area contributed by atoms with Crippen LogP contribution >= 0.6 is 0 Å². The highest BCUT2D eigenvalue weighted by Gasteiger charge is 2.28. The molecule has 1 saturated heterocycles. The van der Waals surface area contributed by atoms with Gasteiger partial charge in [0.05, 0.1) is 25.4 Å². The zero-order chi connectivity index (χ0) is 26.0. The Morgan fingerprint density at radius 3 is 2.25 bits per heavy atom. The largest absolute Gasteiger partial charge is 0.469 e. The van der Waals surface area contributed by atoms with E-state index in [4.69, 9.17) is 0 Å². The molecule has 0 atom stereocenters. The number of hydrogen-bond donors (Lipinski definition) is 0. The van der Waals surface area contributed by atoms with Crippen molar-refractivity contribution in [1.29, 1.82) is 0 Å². The summed E-state index contributed by atoms with van der Waals surface area (Å²) in [4.78, 5) is 44.9. The van der Waals surface area contributed by atoms with Crippen LogP contribution in [0.1, 0.15) is 49.7 Å². The van der Waals surface area contributed by atoms with Crippen LogP contribution in [0.2, 0.25) is 0 Å². The third-order valence-corrected chi connectivity index (χ3v) is 6.28. The summed E-state index contributed by atoms with van der Waals surface area (Å²) in [6, 6.07) is 8.06. The number of hydrogen-bond acceptors (Lipinski definition) is 6. The molecular weight excluding hydrogens is 465 g/mol. The molecule has 1 aliphatic heterocycles. The second-order valence-corrected chi connectivity index (χ2v) is 9.84. The first-order valence-electron chi connectivity index (χ1n) is 11.9. The molecule has 0 aliphatic carbocycles. The highest BCUT2D eigenvalue weighted by Crippen LogP contribution is 2.30. The molecule has 4 rings (SSSR count). The van der Waals surface area contributed by atoms with Crippen molar-refractivity contribution in [2.24, 2.45) is 0 Å². The van der Waals surface area contributed by atoms with Crippen LogP contribution in [-0.2, 0) is 19.7 Å². The summed E-state index contributed by atoms with van der Waals surface area (Å²) >= 11 is 0. The zero-order valence-corrected chi connectivity index (χ0v) is 21.0. The number of methoxy groups -OCH3 is 1. The molecule has 3 heterocycles. The molecule has 3 aromatic rings. The number of fused-ring (bicyclic) bond motifs is 1. The number of amides is 2. The van der Waals surface area contributed by atoms with Crippen LogP contribution in [0.5, 0.6) is 0 Å². The molecular formula is C26H30FN5O4. The number of aromatic nitrogens is 3. The van der Waals surface area contributed by atoms with Crippen LogP contribution in [0.4, 0.5) is 4.39 Å². The summed E-state index contributed by atoms with van der Waals surface area (Å²) in [6.45, 7) is 7.70. The van der Waals surface area contributed by atoms with Crippen LogP contribution in [-0.4, -0.2) is 75.5 Å². The average Bonchev–Trinajstić information content (AvgIpc) is 3.30. The Bertz CT molecular complexity index is 1290. The summed E-state index contributed by atoms with van der Waals surface area (Å²) in [5.74, 6) is -1.11. The summed E-state index contributed by atoms with van der Waals surface area (Å²) in [5.41, 5.74) is 2.92. The minimum absolute atomic E-state index is 0.0404. The fraction of sp³-hybridized carbons (Fsp3) is 0.423. The Hall–Kier alpha value is -3.82. The van der Waals surface area contributed by atoms with E-state index in [1.807, 2.05) is 6.07 Å². The van der Waals surface area contributed by atoms with E-state index in [1.165, 1.54) is 19.2 Å². The third kappa shape index (κ3) is 5.37. The molecule has 1 aromatic carbocycles. The zero-order valence-electron chi connectivity index (χ0n) is 21.0. The van der Waals surface area contributed by atoms with Gasteiger partial charge in [-0.2, -0.15) is 5.10 Å². The molecule has 0 spiro atoms. The minimum atomic E-state index is -0.421. The van der Waals surface area contributed by atoms with Gasteiger partial charge in [0.2, 0.25) is 5.91 Å². The van der Waals surface area contributed by atoms with Gasteiger partial charge in [-0.15, -0.1) is 0 Å². The molecule has 0 bridgehead atoms. The highest BCUT2D eigenvalue weighted by molar-refractivity contribution is 5.93. The Kier molecular flexibility index (Phi) is 7.05. The van der Waals surface area contributed by atoms with E-state index in [-0.39, 0.29) is 41.6 Å². The van der Waals surface area contributed by atoms with Crippen molar-refractivity contribution in [3.63, 3.8) is 0 Å². The van der Waals surface area contributed by atoms with Gasteiger partial charge in [-0.05, 0) is 35.7 Å². The van der Waals surface area contributed by atoms with Gasteiger partial charge >= 0.3 is 5.97 Å². The summed E-state index contributed by atoms with van der Waals surface area (Å²) in [7, 11) is 1.29. The first-order chi connectivity index (χ1) is 17.1. The standard InChI is InChI=1S/C26H30FN5O4/c1-26(2,3)19-15-20(17-5-7-18(27)8-6-17)29-32-16-21(28-24(19)32)25(35)31-13-11-30(12-14-31)22(33)9-10-23(34)36-4/h5-8,15-16H,9-14H2,1-4H3. The lowest BCUT2D eigenvalue weighted by Gasteiger charge is -2.34. The molecule has 2 amide bonds. The van der Waals surface area contributed by atoms with Gasteiger partial charge in [0.15, 0.2) is 5.65 Å². The Balaban J connectivity index is 1.54. The van der Waals surface area contributed by atoms with E-state index in [1.54, 1.807) is 32.6 Å². The van der Waals surface area contributed by atoms with Crippen LogP contribution in [0, 0.1) is 5.82 Å². The molecule has 1 fully saturated rings. The molecule has 0 radical (unpaired) electrons. The predicted octanol–water partition coefficient (Wildman–Crippen LogP) is 3.07. The van der Waals surface area contributed by atoms with Gasteiger partial charge in [-0.1, -0.05) is 20.8 Å². The summed E-state index contributed by atoms with van der Waals surface area (Å²) < 4.78 is 19.6. The van der Waals surface area contributed by atoms with Crippen molar-refractivity contribution in [2.45, 2.75) is 39.0 Å². The number of piperazine rings is 1. The molecule has 190 valence electrons. The molecule has 36 heavy (non-hydrogen) atoms. The number of ether oxygens (including phenoxy) is 1. The predicted molar refractivity (Wildman–Crippen MR) is 131 cm³/mol. The van der Waals surface area contributed by atoms with Crippen LogP contribution < -0.4 is 0 Å². The van der Waals surface area contributed by atoms with Crippen molar-refractivity contribution in [3.05, 3.63) is 53.6 Å². The van der Waals surface area contributed by atoms with Gasteiger partial charge in [0.25, 0.3) is 5.91 Å². The molecule has 9 nitrogen and oxygen atoms in total. The normalized spacial score (nSPS) is 14.2. The number of carbonyl (C=O) groups excluding carboxylic acids is 3. The lowest BCUT2D eigenvalue weighted by Crippen LogP contribution is -2.50. The van der Waals surface area contributed by atoms with Crippen molar-refractivity contribution < 1.29 is 23.5 Å². The maximum absolute atomic E-state index is 13.4. The first-order valence-corrected chi connectivity index (χ1v) is 11.9. The number of nitrogens with zero attached hydrogens (tertiary/aromatic N) is 5. The number of benzene rings is 1. The number of imidazole rings is 1. The fourth-order valence-corrected chi connectivity index (χ4v) is 4.18. The molecule has 2 aromatic heterocycles. The quantitative estimate of drug-likeness (QED) is 0.505. The number of esters is 1. The van der Waals surface area contributed by atoms with E-state index in [0.717, 1.165) is 11.1 Å². The lowest BCUT2D eigenvalue weighted by atomic mass is 9.87. The molecule has 0 N–H and O–H groups in total. The summed E-state index contributed by atoms with van der Waals surface area (Å²) in [6.07, 6.45) is 1.75. The lowest BCUT2D eigenvalue weighted by molar-refractivity contribution is -0.143. The number of rotatable bonds is 5. The minimum Gasteiger partial charge on any atom is -0.469 e. The van der Waals surface area contributed by atoms with Crippen molar-refractivity contribution in [1.82, 2.24) is 24.4 Å². The van der Waals surface area contributed by atoms with Gasteiger partial charge < -0.3 is 14.5 Å². The molecule has 0 unspecified atom stereocenters. The molecule has 10 heteroatoms. The van der Waals surface area contributed by atoms with Crippen LogP contribution in [0.15, 0.2) is 36.5 Å². The second-order valence-electron chi connectivity index (χ2n) is 9.84. The Morgan fingerprint density at radius 2 is 1.64 bits per heavy atom. The van der Waals surface area contributed by atoms with E-state index < -0.39 is 5.97 Å².